The van der Waals surface area contributed by atoms with Crippen molar-refractivity contribution in [3.05, 3.63) is 48.6 Å². The molecule has 0 aromatic heterocycles. The van der Waals surface area contributed by atoms with E-state index in [0.717, 1.165) is 37.0 Å². The highest BCUT2D eigenvalue weighted by Crippen LogP contribution is 2.32. The zero-order chi connectivity index (χ0) is 22.8. The Kier molecular flexibility index (Phi) is 9.31. The van der Waals surface area contributed by atoms with Crippen LogP contribution in [0.5, 0.6) is 5.75 Å². The minimum atomic E-state index is -0.401. The van der Waals surface area contributed by atoms with Crippen molar-refractivity contribution in [2.75, 3.05) is 26.4 Å². The first-order chi connectivity index (χ1) is 15.6. The zero-order valence-corrected chi connectivity index (χ0v) is 18.6. The number of rotatable bonds is 12. The van der Waals surface area contributed by atoms with Gasteiger partial charge in [0, 0.05) is 18.1 Å². The van der Waals surface area contributed by atoms with E-state index in [1.165, 1.54) is 12.2 Å². The van der Waals surface area contributed by atoms with E-state index >= 15 is 0 Å². The summed E-state index contributed by atoms with van der Waals surface area (Å²) in [5.74, 6) is 0.334. The summed E-state index contributed by atoms with van der Waals surface area (Å²) in [7, 11) is 0. The van der Waals surface area contributed by atoms with Gasteiger partial charge in [-0.25, -0.2) is 9.59 Å². The molecule has 0 radical (unpaired) electrons. The predicted molar refractivity (Wildman–Crippen MR) is 119 cm³/mol. The average Bonchev–Trinajstić information content (AvgIpc) is 3.37. The standard InChI is InChI=1S/C25H32O7/c1-3-22(26)29-15-7-5-4-6-14-28-20-11-8-19(9-12-20)10-13-23(27)32-21-17-31-24-18(2)16-30-25(21)24/h3,8-13,18,21,24-25H,1,4-7,14-17H2,2H3/b13-10+/t18-,21+,24+,25+/m0/s1. The minimum Gasteiger partial charge on any atom is -0.494 e. The molecule has 1 aromatic carbocycles. The van der Waals surface area contributed by atoms with Crippen molar-refractivity contribution in [2.45, 2.75) is 50.9 Å². The molecule has 7 nitrogen and oxygen atoms in total. The molecular formula is C25H32O7. The van der Waals surface area contributed by atoms with Crippen molar-refractivity contribution in [3.63, 3.8) is 0 Å². The van der Waals surface area contributed by atoms with Crippen molar-refractivity contribution in [2.24, 2.45) is 5.92 Å². The molecule has 32 heavy (non-hydrogen) atoms. The van der Waals surface area contributed by atoms with Crippen LogP contribution in [0.1, 0.15) is 38.2 Å². The lowest BCUT2D eigenvalue weighted by Gasteiger charge is -2.15. The smallest absolute Gasteiger partial charge is 0.331 e. The third kappa shape index (κ3) is 7.21. The Morgan fingerprint density at radius 2 is 1.72 bits per heavy atom. The Labute approximate surface area is 189 Å². The monoisotopic (exact) mass is 444 g/mol. The molecule has 3 rings (SSSR count). The lowest BCUT2D eigenvalue weighted by Crippen LogP contribution is -2.32. The molecule has 174 valence electrons. The number of benzene rings is 1. The van der Waals surface area contributed by atoms with Gasteiger partial charge < -0.3 is 23.7 Å². The lowest BCUT2D eigenvalue weighted by atomic mass is 10.0. The van der Waals surface area contributed by atoms with Crippen LogP contribution >= 0.6 is 0 Å². The van der Waals surface area contributed by atoms with Gasteiger partial charge in [-0.2, -0.15) is 0 Å². The second-order valence-electron chi connectivity index (χ2n) is 8.09. The summed E-state index contributed by atoms with van der Waals surface area (Å²) in [6.45, 7) is 7.51. The summed E-state index contributed by atoms with van der Waals surface area (Å²) < 4.78 is 27.6. The minimum absolute atomic E-state index is 0.0198. The fourth-order valence-electron chi connectivity index (χ4n) is 3.76. The van der Waals surface area contributed by atoms with E-state index in [1.807, 2.05) is 24.3 Å². The van der Waals surface area contributed by atoms with Crippen LogP contribution in [0, 0.1) is 5.92 Å². The van der Waals surface area contributed by atoms with Crippen molar-refractivity contribution in [3.8, 4) is 5.75 Å². The Bertz CT molecular complexity index is 786. The summed E-state index contributed by atoms with van der Waals surface area (Å²) in [5, 5.41) is 0. The molecule has 1 aromatic rings. The SMILES string of the molecule is C=CC(=O)OCCCCCCOc1ccc(/C=C/C(=O)O[C@@H]2CO[C@H]3[C@@H]2OC[C@@H]3C)cc1. The molecule has 0 bridgehead atoms. The number of carbonyl (C=O) groups is 2. The predicted octanol–water partition coefficient (Wildman–Crippen LogP) is 3.71. The van der Waals surface area contributed by atoms with Gasteiger partial charge in [0.2, 0.25) is 0 Å². The first-order valence-electron chi connectivity index (χ1n) is 11.2. The Hall–Kier alpha value is -2.64. The van der Waals surface area contributed by atoms with E-state index in [0.29, 0.717) is 32.3 Å². The average molecular weight is 445 g/mol. The molecule has 0 N–H and O–H groups in total. The quantitative estimate of drug-likeness (QED) is 0.276. The molecule has 7 heteroatoms. The van der Waals surface area contributed by atoms with E-state index in [2.05, 4.69) is 13.5 Å². The summed E-state index contributed by atoms with van der Waals surface area (Å²) >= 11 is 0. The number of esters is 2. The van der Waals surface area contributed by atoms with Crippen LogP contribution in [0.25, 0.3) is 6.08 Å². The van der Waals surface area contributed by atoms with Gasteiger partial charge in [-0.05, 0) is 49.5 Å². The molecule has 2 saturated heterocycles. The normalized spacial score (nSPS) is 24.3. The van der Waals surface area contributed by atoms with Gasteiger partial charge in [0.05, 0.1) is 32.5 Å². The summed E-state index contributed by atoms with van der Waals surface area (Å²) in [6, 6.07) is 7.54. The number of carbonyl (C=O) groups excluding carboxylic acids is 2. The zero-order valence-electron chi connectivity index (χ0n) is 18.6. The van der Waals surface area contributed by atoms with E-state index < -0.39 is 5.97 Å². The number of unbranched alkanes of at least 4 members (excludes halogenated alkanes) is 3. The molecule has 0 spiro atoms. The van der Waals surface area contributed by atoms with Crippen molar-refractivity contribution in [1.29, 1.82) is 0 Å². The first-order valence-corrected chi connectivity index (χ1v) is 11.2. The first kappa shape index (κ1) is 24.0. The van der Waals surface area contributed by atoms with Gasteiger partial charge in [0.15, 0.2) is 6.10 Å². The van der Waals surface area contributed by atoms with Crippen LogP contribution in [0.4, 0.5) is 0 Å². The molecule has 2 heterocycles. The van der Waals surface area contributed by atoms with Gasteiger partial charge >= 0.3 is 11.9 Å². The Morgan fingerprint density at radius 1 is 1.00 bits per heavy atom. The van der Waals surface area contributed by atoms with Crippen LogP contribution < -0.4 is 4.74 Å². The lowest BCUT2D eigenvalue weighted by molar-refractivity contribution is -0.147. The summed E-state index contributed by atoms with van der Waals surface area (Å²) in [5.41, 5.74) is 0.884. The largest absolute Gasteiger partial charge is 0.494 e. The molecule has 2 aliphatic rings. The number of hydrogen-bond donors (Lipinski definition) is 0. The Morgan fingerprint density at radius 3 is 2.47 bits per heavy atom. The highest BCUT2D eigenvalue weighted by Gasteiger charge is 2.47. The Balaban J connectivity index is 1.29. The highest BCUT2D eigenvalue weighted by molar-refractivity contribution is 5.87. The van der Waals surface area contributed by atoms with E-state index in [1.54, 1.807) is 6.08 Å². The molecule has 2 aliphatic heterocycles. The van der Waals surface area contributed by atoms with E-state index in [4.69, 9.17) is 23.7 Å². The molecule has 2 fully saturated rings. The topological polar surface area (TPSA) is 80.3 Å². The van der Waals surface area contributed by atoms with Crippen LogP contribution in [0.3, 0.4) is 0 Å². The third-order valence-corrected chi connectivity index (χ3v) is 5.53. The molecule has 4 atom stereocenters. The number of hydrogen-bond acceptors (Lipinski definition) is 7. The molecule has 0 amide bonds. The van der Waals surface area contributed by atoms with Crippen molar-refractivity contribution < 1.29 is 33.3 Å². The molecule has 0 aliphatic carbocycles. The maximum Gasteiger partial charge on any atom is 0.331 e. The number of ether oxygens (including phenoxy) is 5. The highest BCUT2D eigenvalue weighted by atomic mass is 16.6. The van der Waals surface area contributed by atoms with Crippen LogP contribution in [-0.2, 0) is 28.5 Å². The van der Waals surface area contributed by atoms with Crippen LogP contribution in [-0.4, -0.2) is 56.7 Å². The second-order valence-corrected chi connectivity index (χ2v) is 8.09. The third-order valence-electron chi connectivity index (χ3n) is 5.53. The second kappa shape index (κ2) is 12.4. The van der Waals surface area contributed by atoms with Gasteiger partial charge in [0.1, 0.15) is 11.9 Å². The maximum atomic E-state index is 12.2. The summed E-state index contributed by atoms with van der Waals surface area (Å²) in [6.07, 6.45) is 7.58. The van der Waals surface area contributed by atoms with Crippen molar-refractivity contribution >= 4 is 18.0 Å². The van der Waals surface area contributed by atoms with Crippen molar-refractivity contribution in [1.82, 2.24) is 0 Å². The van der Waals surface area contributed by atoms with Gasteiger partial charge in [-0.15, -0.1) is 0 Å². The van der Waals surface area contributed by atoms with Gasteiger partial charge in [0.25, 0.3) is 0 Å². The molecule has 0 unspecified atom stereocenters. The fraction of sp³-hybridized carbons (Fsp3) is 0.520. The molecule has 0 saturated carbocycles. The van der Waals surface area contributed by atoms with Gasteiger partial charge in [-0.3, -0.25) is 0 Å². The number of fused-ring (bicyclic) bond motifs is 1. The summed E-state index contributed by atoms with van der Waals surface area (Å²) in [4.78, 5) is 23.1. The van der Waals surface area contributed by atoms with E-state index in [-0.39, 0.29) is 24.3 Å². The van der Waals surface area contributed by atoms with E-state index in [9.17, 15) is 9.59 Å². The fourth-order valence-corrected chi connectivity index (χ4v) is 3.76. The van der Waals surface area contributed by atoms with Crippen LogP contribution in [0.15, 0.2) is 43.0 Å². The maximum absolute atomic E-state index is 12.2. The molecular weight excluding hydrogens is 412 g/mol. The van der Waals surface area contributed by atoms with Crippen LogP contribution in [0.2, 0.25) is 0 Å². The van der Waals surface area contributed by atoms with Gasteiger partial charge in [-0.1, -0.05) is 25.6 Å².